The van der Waals surface area contributed by atoms with Gasteiger partial charge in [-0.25, -0.2) is 0 Å². The molecular formula is C37H52N6O2S. The van der Waals surface area contributed by atoms with Crippen LogP contribution in [0, 0.1) is 0 Å². The lowest BCUT2D eigenvalue weighted by molar-refractivity contribution is 0.112. The van der Waals surface area contributed by atoms with Gasteiger partial charge in [-0.1, -0.05) is 30.3 Å². The molecule has 2 aliphatic heterocycles. The minimum atomic E-state index is 0.442. The lowest BCUT2D eigenvalue weighted by Gasteiger charge is -2.27. The number of aldehydes is 1. The van der Waals surface area contributed by atoms with Gasteiger partial charge in [0.05, 0.1) is 0 Å². The summed E-state index contributed by atoms with van der Waals surface area (Å²) in [6.45, 7) is 13.8. The second kappa shape index (κ2) is 16.8. The van der Waals surface area contributed by atoms with Crippen molar-refractivity contribution in [2.24, 2.45) is 0 Å². The van der Waals surface area contributed by atoms with E-state index < -0.39 is 0 Å². The van der Waals surface area contributed by atoms with Gasteiger partial charge >= 0.3 is 0 Å². The molecule has 0 saturated carbocycles. The molecule has 46 heavy (non-hydrogen) atoms. The maximum absolute atomic E-state index is 11.8. The number of aromatic hydroxyl groups is 1. The fourth-order valence-corrected chi connectivity index (χ4v) is 6.94. The Morgan fingerprint density at radius 2 is 1.07 bits per heavy atom. The molecule has 2 fully saturated rings. The molecule has 1 N–H and O–H groups in total. The average Bonchev–Trinajstić information content (AvgIpc) is 3.58. The van der Waals surface area contributed by atoms with Crippen LogP contribution in [0.1, 0.15) is 31.9 Å². The van der Waals surface area contributed by atoms with Crippen LogP contribution >= 0.6 is 11.3 Å². The Labute approximate surface area is 280 Å². The van der Waals surface area contributed by atoms with E-state index in [0.717, 1.165) is 120 Å². The number of hydrogen-bond donors (Lipinski definition) is 1. The zero-order valence-corrected chi connectivity index (χ0v) is 29.0. The highest BCUT2D eigenvalue weighted by molar-refractivity contribution is 7.16. The predicted molar refractivity (Wildman–Crippen MR) is 193 cm³/mol. The average molecular weight is 645 g/mol. The summed E-state index contributed by atoms with van der Waals surface area (Å²) in [7, 11) is 8.81. The van der Waals surface area contributed by atoms with Gasteiger partial charge in [0.2, 0.25) is 0 Å². The quantitative estimate of drug-likeness (QED) is 0.361. The normalized spacial score (nSPS) is 19.7. The highest BCUT2D eigenvalue weighted by Crippen LogP contribution is 2.31. The summed E-state index contributed by atoms with van der Waals surface area (Å²) >= 11 is 1.74. The number of phenolic OH excluding ortho intramolecular Hbond substituents is 1. The second-order valence-corrected chi connectivity index (χ2v) is 14.3. The molecule has 1 aromatic heterocycles. The number of hydrogen-bond acceptors (Lipinski definition) is 9. The number of thiophene rings is 1. The van der Waals surface area contributed by atoms with Crippen LogP contribution in [0.2, 0.25) is 0 Å². The van der Waals surface area contributed by atoms with Crippen molar-refractivity contribution < 1.29 is 9.90 Å². The predicted octanol–water partition coefficient (Wildman–Crippen LogP) is 4.46. The second-order valence-electron chi connectivity index (χ2n) is 13.2. The van der Waals surface area contributed by atoms with Crippen LogP contribution in [0.25, 0.3) is 22.6 Å². The Kier molecular flexibility index (Phi) is 12.6. The number of carbonyl (C=O) groups excluding carboxylic acids is 1. The van der Waals surface area contributed by atoms with E-state index in [2.05, 4.69) is 94.0 Å². The van der Waals surface area contributed by atoms with Gasteiger partial charge in [-0.15, -0.1) is 11.3 Å². The van der Waals surface area contributed by atoms with Gasteiger partial charge in [-0.2, -0.15) is 0 Å². The van der Waals surface area contributed by atoms with Gasteiger partial charge in [0, 0.05) is 118 Å². The Morgan fingerprint density at radius 3 is 1.52 bits per heavy atom. The van der Waals surface area contributed by atoms with Gasteiger partial charge in [-0.05, 0) is 69.7 Å². The molecule has 5 rings (SSSR count). The van der Waals surface area contributed by atoms with Crippen molar-refractivity contribution in [2.75, 3.05) is 107 Å². The van der Waals surface area contributed by atoms with E-state index in [9.17, 15) is 9.90 Å². The molecule has 0 bridgehead atoms. The maximum atomic E-state index is 11.8. The molecular weight excluding hydrogens is 593 g/mol. The van der Waals surface area contributed by atoms with E-state index in [1.807, 2.05) is 24.3 Å². The molecule has 2 aromatic carbocycles. The Balaban J connectivity index is 1.40. The number of phenols is 1. The zero-order valence-electron chi connectivity index (χ0n) is 28.2. The van der Waals surface area contributed by atoms with Crippen molar-refractivity contribution in [3.8, 4) is 16.2 Å². The van der Waals surface area contributed by atoms with Crippen LogP contribution in [0.3, 0.4) is 0 Å². The first-order valence-corrected chi connectivity index (χ1v) is 17.4. The minimum absolute atomic E-state index is 0.442. The van der Waals surface area contributed by atoms with Crippen LogP contribution in [-0.4, -0.2) is 148 Å². The smallest absolute Gasteiger partial charge is 0.150 e. The summed E-state index contributed by atoms with van der Waals surface area (Å²) in [6, 6.07) is 16.4. The van der Waals surface area contributed by atoms with Gasteiger partial charge in [0.25, 0.3) is 0 Å². The third-order valence-corrected chi connectivity index (χ3v) is 10.5. The summed E-state index contributed by atoms with van der Waals surface area (Å²) in [4.78, 5) is 28.0. The molecule has 2 aliphatic rings. The van der Waals surface area contributed by atoms with Crippen LogP contribution in [0.4, 0.5) is 0 Å². The monoisotopic (exact) mass is 644 g/mol. The molecule has 3 aromatic rings. The van der Waals surface area contributed by atoms with Gasteiger partial charge in [0.1, 0.15) is 12.0 Å². The molecule has 3 heterocycles. The standard InChI is InChI=1S/C37H52N6O2S/c1-38-13-14-39(2)18-22-42(21-17-38)27-33-25-31(7-10-35-11-12-36(46-35)32-8-5-30(29-44)6-9-32)26-34(37(33)45)28-43-23-19-40(3)15-16-41(4)20-24-43/h5-12,25-26,29,45H,13-24,27-28H2,1-4H3/b10-7+. The molecule has 0 radical (unpaired) electrons. The first-order chi connectivity index (χ1) is 22.2. The first kappa shape index (κ1) is 34.4. The largest absolute Gasteiger partial charge is 0.507 e. The summed E-state index contributed by atoms with van der Waals surface area (Å²) in [5.41, 5.74) is 4.93. The minimum Gasteiger partial charge on any atom is -0.507 e. The van der Waals surface area contributed by atoms with E-state index in [0.29, 0.717) is 11.3 Å². The number of carbonyl (C=O) groups is 1. The Hall–Kier alpha value is -2.89. The van der Waals surface area contributed by atoms with Crippen molar-refractivity contribution >= 4 is 29.8 Å². The number of likely N-dealkylation sites (N-methyl/N-ethyl adjacent to an activating group) is 4. The topological polar surface area (TPSA) is 56.7 Å². The van der Waals surface area contributed by atoms with E-state index in [1.54, 1.807) is 11.3 Å². The highest BCUT2D eigenvalue weighted by Gasteiger charge is 2.19. The fraction of sp³-hybridized carbons (Fsp3) is 0.486. The highest BCUT2D eigenvalue weighted by atomic mass is 32.1. The summed E-state index contributed by atoms with van der Waals surface area (Å²) in [6.07, 6.45) is 5.26. The lowest BCUT2D eigenvalue weighted by atomic mass is 10.0. The van der Waals surface area contributed by atoms with Crippen molar-refractivity contribution in [1.82, 2.24) is 29.4 Å². The third kappa shape index (κ3) is 10.1. The number of benzene rings is 2. The molecule has 0 atom stereocenters. The van der Waals surface area contributed by atoms with Gasteiger partial charge < -0.3 is 24.7 Å². The molecule has 0 unspecified atom stereocenters. The summed E-state index contributed by atoms with van der Waals surface area (Å²) in [5.74, 6) is 0.442. The van der Waals surface area contributed by atoms with E-state index >= 15 is 0 Å². The molecule has 0 spiro atoms. The first-order valence-electron chi connectivity index (χ1n) is 16.6. The molecule has 9 heteroatoms. The fourth-order valence-electron chi connectivity index (χ4n) is 6.03. The van der Waals surface area contributed by atoms with Crippen LogP contribution in [-0.2, 0) is 13.1 Å². The number of nitrogens with zero attached hydrogens (tertiary/aromatic N) is 6. The van der Waals surface area contributed by atoms with Crippen molar-refractivity contribution in [3.63, 3.8) is 0 Å². The van der Waals surface area contributed by atoms with E-state index in [1.165, 1.54) is 9.75 Å². The Morgan fingerprint density at radius 1 is 0.609 bits per heavy atom. The number of rotatable bonds is 8. The molecule has 0 aliphatic carbocycles. The molecule has 0 amide bonds. The van der Waals surface area contributed by atoms with Crippen molar-refractivity contribution in [2.45, 2.75) is 13.1 Å². The SMILES string of the molecule is CN1CCN(C)CCN(Cc2cc(/C=C/c3ccc(-c4ccc(C=O)cc4)s3)cc(CN3CCN(C)CCN(C)CC3)c2O)CC1. The van der Waals surface area contributed by atoms with E-state index in [-0.39, 0.29) is 0 Å². The van der Waals surface area contributed by atoms with E-state index in [4.69, 9.17) is 0 Å². The molecule has 8 nitrogen and oxygen atoms in total. The summed E-state index contributed by atoms with van der Waals surface area (Å²) < 4.78 is 0. The van der Waals surface area contributed by atoms with Crippen LogP contribution < -0.4 is 0 Å². The summed E-state index contributed by atoms with van der Waals surface area (Å²) in [5, 5.41) is 11.8. The lowest BCUT2D eigenvalue weighted by Crippen LogP contribution is -2.35. The maximum Gasteiger partial charge on any atom is 0.150 e. The van der Waals surface area contributed by atoms with Crippen molar-refractivity contribution in [3.05, 3.63) is 75.7 Å². The zero-order chi connectivity index (χ0) is 32.5. The molecule has 248 valence electrons. The third-order valence-electron chi connectivity index (χ3n) is 9.39. The van der Waals surface area contributed by atoms with Crippen LogP contribution in [0.15, 0.2) is 48.5 Å². The van der Waals surface area contributed by atoms with Gasteiger partial charge in [0.15, 0.2) is 0 Å². The van der Waals surface area contributed by atoms with Crippen molar-refractivity contribution in [1.29, 1.82) is 0 Å². The Bertz CT molecular complexity index is 1360. The molecule has 2 saturated heterocycles. The van der Waals surface area contributed by atoms with Crippen LogP contribution in [0.5, 0.6) is 5.75 Å². The van der Waals surface area contributed by atoms with Gasteiger partial charge in [-0.3, -0.25) is 14.6 Å².